The van der Waals surface area contributed by atoms with Crippen LogP contribution in [0.15, 0.2) is 42.5 Å². The predicted molar refractivity (Wildman–Crippen MR) is 125 cm³/mol. The van der Waals surface area contributed by atoms with Gasteiger partial charge >= 0.3 is 0 Å². The van der Waals surface area contributed by atoms with Crippen LogP contribution in [0.3, 0.4) is 0 Å². The maximum atomic E-state index is 12.1. The minimum absolute atomic E-state index is 0.136. The summed E-state index contributed by atoms with van der Waals surface area (Å²) in [6, 6.07) is 14.9. The van der Waals surface area contributed by atoms with Crippen molar-refractivity contribution in [2.75, 3.05) is 11.5 Å². The molecule has 2 aromatic rings. The first-order valence-electron chi connectivity index (χ1n) is 11.2. The molecule has 2 aromatic carbocycles. The third kappa shape index (κ3) is 5.66. The molecule has 0 aromatic heterocycles. The highest BCUT2D eigenvalue weighted by atomic mass is 35.5. The van der Waals surface area contributed by atoms with Crippen LogP contribution in [0.2, 0.25) is 5.02 Å². The van der Waals surface area contributed by atoms with Gasteiger partial charge in [-0.05, 0) is 85.6 Å². The third-order valence-electron chi connectivity index (χ3n) is 6.63. The molecule has 0 bridgehead atoms. The van der Waals surface area contributed by atoms with Gasteiger partial charge in [0, 0.05) is 17.0 Å². The second kappa shape index (κ2) is 9.42. The first-order chi connectivity index (χ1) is 14.4. The number of unbranched alkanes of at least 4 members (excludes halogenated alkanes) is 1. The zero-order chi connectivity index (χ0) is 21.1. The van der Waals surface area contributed by atoms with Crippen molar-refractivity contribution in [1.82, 2.24) is 0 Å². The SMILES string of the molecule is NC1CCc2ccc(CCCCS(=O)(=O)CC3CC3)cc2C1Cc1ccccc1Cl. The molecule has 3 nitrogen and oxygen atoms in total. The van der Waals surface area contributed by atoms with Crippen molar-refractivity contribution in [3.8, 4) is 0 Å². The summed E-state index contributed by atoms with van der Waals surface area (Å²) in [7, 11) is -2.87. The van der Waals surface area contributed by atoms with E-state index in [2.05, 4.69) is 24.3 Å². The van der Waals surface area contributed by atoms with Crippen LogP contribution in [-0.2, 0) is 29.1 Å². The maximum Gasteiger partial charge on any atom is 0.150 e. The van der Waals surface area contributed by atoms with E-state index < -0.39 is 9.84 Å². The second-order valence-electron chi connectivity index (χ2n) is 9.15. The van der Waals surface area contributed by atoms with Gasteiger partial charge in [0.25, 0.3) is 0 Å². The summed E-state index contributed by atoms with van der Waals surface area (Å²) in [6.45, 7) is 0. The van der Waals surface area contributed by atoms with Crippen molar-refractivity contribution >= 4 is 21.4 Å². The highest BCUT2D eigenvalue weighted by Gasteiger charge is 2.29. The van der Waals surface area contributed by atoms with Gasteiger partial charge in [0.15, 0.2) is 9.84 Å². The van der Waals surface area contributed by atoms with Gasteiger partial charge in [0.05, 0.1) is 11.5 Å². The van der Waals surface area contributed by atoms with E-state index in [1.165, 1.54) is 16.7 Å². The number of benzene rings is 2. The molecule has 2 aliphatic carbocycles. The molecule has 0 aliphatic heterocycles. The summed E-state index contributed by atoms with van der Waals surface area (Å²) in [4.78, 5) is 0. The Hall–Kier alpha value is -1.36. The standard InChI is InChI=1S/C25H32ClNO2S/c26-24-7-2-1-6-21(24)16-23-22-15-18(10-11-20(22)12-13-25(23)27)5-3-4-14-30(28,29)17-19-8-9-19/h1-2,6-7,10-11,15,19,23,25H,3-5,8-9,12-14,16-17,27H2. The van der Waals surface area contributed by atoms with E-state index >= 15 is 0 Å². The molecule has 0 spiro atoms. The lowest BCUT2D eigenvalue weighted by Gasteiger charge is -2.32. The molecule has 1 saturated carbocycles. The molecule has 0 radical (unpaired) electrons. The zero-order valence-corrected chi connectivity index (χ0v) is 19.1. The largest absolute Gasteiger partial charge is 0.327 e. The molecule has 1 fully saturated rings. The Bertz CT molecular complexity index is 984. The Balaban J connectivity index is 1.40. The first kappa shape index (κ1) is 21.9. The Labute approximate surface area is 185 Å². The minimum atomic E-state index is -2.87. The van der Waals surface area contributed by atoms with Gasteiger partial charge in [0.1, 0.15) is 0 Å². The molecule has 0 amide bonds. The van der Waals surface area contributed by atoms with Crippen LogP contribution in [0.4, 0.5) is 0 Å². The van der Waals surface area contributed by atoms with Crippen molar-refractivity contribution in [2.24, 2.45) is 11.7 Å². The fourth-order valence-electron chi connectivity index (χ4n) is 4.67. The van der Waals surface area contributed by atoms with Crippen molar-refractivity contribution < 1.29 is 8.42 Å². The predicted octanol–water partition coefficient (Wildman–Crippen LogP) is 5.09. The molecule has 2 unspecified atom stereocenters. The Kier molecular flexibility index (Phi) is 6.86. The van der Waals surface area contributed by atoms with Crippen LogP contribution >= 0.6 is 11.6 Å². The number of nitrogens with two attached hydrogens (primary N) is 1. The molecule has 5 heteroatoms. The average Bonchev–Trinajstić information content (AvgIpc) is 3.52. The topological polar surface area (TPSA) is 60.2 Å². The van der Waals surface area contributed by atoms with Crippen molar-refractivity contribution in [2.45, 2.75) is 63.3 Å². The number of hydrogen-bond donors (Lipinski definition) is 1. The van der Waals surface area contributed by atoms with E-state index in [9.17, 15) is 8.42 Å². The second-order valence-corrected chi connectivity index (χ2v) is 11.8. The first-order valence-corrected chi connectivity index (χ1v) is 13.4. The minimum Gasteiger partial charge on any atom is -0.327 e. The summed E-state index contributed by atoms with van der Waals surface area (Å²) in [5, 5.41) is 0.806. The van der Waals surface area contributed by atoms with Crippen molar-refractivity contribution in [3.05, 3.63) is 69.7 Å². The fraction of sp³-hybridized carbons (Fsp3) is 0.520. The summed E-state index contributed by atoms with van der Waals surface area (Å²) in [5.41, 5.74) is 11.7. The highest BCUT2D eigenvalue weighted by Crippen LogP contribution is 2.36. The van der Waals surface area contributed by atoms with Gasteiger partial charge in [-0.25, -0.2) is 8.42 Å². The summed E-state index contributed by atoms with van der Waals surface area (Å²) < 4.78 is 24.3. The quantitative estimate of drug-likeness (QED) is 0.547. The smallest absolute Gasteiger partial charge is 0.150 e. The van der Waals surface area contributed by atoms with E-state index in [0.717, 1.165) is 62.0 Å². The van der Waals surface area contributed by atoms with Crippen LogP contribution in [0, 0.1) is 5.92 Å². The number of fused-ring (bicyclic) bond motifs is 1. The number of rotatable bonds is 9. The number of sulfone groups is 1. The molecule has 0 heterocycles. The lowest BCUT2D eigenvalue weighted by atomic mass is 9.76. The van der Waals surface area contributed by atoms with E-state index in [0.29, 0.717) is 17.4 Å². The summed E-state index contributed by atoms with van der Waals surface area (Å²) in [6.07, 6.45) is 7.63. The molecule has 2 N–H and O–H groups in total. The lowest BCUT2D eigenvalue weighted by Crippen LogP contribution is -2.34. The van der Waals surface area contributed by atoms with Gasteiger partial charge in [0.2, 0.25) is 0 Å². The molecular formula is C25H32ClNO2S. The van der Waals surface area contributed by atoms with Gasteiger partial charge < -0.3 is 5.73 Å². The number of aryl methyl sites for hydroxylation is 2. The van der Waals surface area contributed by atoms with Crippen LogP contribution in [0.1, 0.15) is 60.3 Å². The van der Waals surface area contributed by atoms with Crippen LogP contribution in [0.5, 0.6) is 0 Å². The number of hydrogen-bond acceptors (Lipinski definition) is 3. The van der Waals surface area contributed by atoms with Gasteiger partial charge in [-0.2, -0.15) is 0 Å². The molecule has 4 rings (SSSR count). The highest BCUT2D eigenvalue weighted by molar-refractivity contribution is 7.91. The van der Waals surface area contributed by atoms with Gasteiger partial charge in [-0.1, -0.05) is 48.0 Å². The van der Waals surface area contributed by atoms with Crippen LogP contribution < -0.4 is 5.73 Å². The normalized spacial score (nSPS) is 21.4. The zero-order valence-electron chi connectivity index (χ0n) is 17.5. The van der Waals surface area contributed by atoms with E-state index in [4.69, 9.17) is 17.3 Å². The van der Waals surface area contributed by atoms with E-state index in [1.807, 2.05) is 18.2 Å². The summed E-state index contributed by atoms with van der Waals surface area (Å²) in [5.74, 6) is 1.43. The molecule has 162 valence electrons. The number of halogens is 1. The van der Waals surface area contributed by atoms with Gasteiger partial charge in [-0.15, -0.1) is 0 Å². The fourth-order valence-corrected chi connectivity index (χ4v) is 6.74. The van der Waals surface area contributed by atoms with Crippen molar-refractivity contribution in [3.63, 3.8) is 0 Å². The third-order valence-corrected chi connectivity index (χ3v) is 8.89. The molecule has 30 heavy (non-hydrogen) atoms. The Morgan fingerprint density at radius 3 is 2.60 bits per heavy atom. The molecular weight excluding hydrogens is 414 g/mol. The van der Waals surface area contributed by atoms with E-state index in [1.54, 1.807) is 0 Å². The molecule has 2 aliphatic rings. The Morgan fingerprint density at radius 2 is 1.83 bits per heavy atom. The Morgan fingerprint density at radius 1 is 1.03 bits per heavy atom. The molecule has 0 saturated heterocycles. The van der Waals surface area contributed by atoms with Crippen LogP contribution in [0.25, 0.3) is 0 Å². The van der Waals surface area contributed by atoms with E-state index in [-0.39, 0.29) is 12.0 Å². The monoisotopic (exact) mass is 445 g/mol. The summed E-state index contributed by atoms with van der Waals surface area (Å²) >= 11 is 6.42. The van der Waals surface area contributed by atoms with Crippen molar-refractivity contribution in [1.29, 1.82) is 0 Å². The maximum absolute atomic E-state index is 12.1. The lowest BCUT2D eigenvalue weighted by molar-refractivity contribution is 0.467. The van der Waals surface area contributed by atoms with Crippen LogP contribution in [-0.4, -0.2) is 26.0 Å². The average molecular weight is 446 g/mol. The molecule has 2 atom stereocenters. The van der Waals surface area contributed by atoms with Gasteiger partial charge in [-0.3, -0.25) is 0 Å².